The molecule has 5 nitrogen and oxygen atoms in total. The molecule has 0 bridgehead atoms. The molecule has 21 heavy (non-hydrogen) atoms. The van der Waals surface area contributed by atoms with Crippen LogP contribution < -0.4 is 16.8 Å². The Balaban J connectivity index is 1.99. The van der Waals surface area contributed by atoms with Crippen molar-refractivity contribution in [1.82, 2.24) is 5.32 Å². The number of carbonyl (C=O) groups is 2. The van der Waals surface area contributed by atoms with Gasteiger partial charge in [0.05, 0.1) is 5.69 Å². The highest BCUT2D eigenvalue weighted by Gasteiger charge is 2.16. The van der Waals surface area contributed by atoms with Gasteiger partial charge in [-0.25, -0.2) is 0 Å². The molecule has 2 rings (SSSR count). The predicted octanol–water partition coefficient (Wildman–Crippen LogP) is 2.63. The first-order chi connectivity index (χ1) is 9.99. The number of nitrogen functional groups attached to an aromatic ring is 1. The number of anilines is 1. The van der Waals surface area contributed by atoms with Crippen molar-refractivity contribution in [3.63, 3.8) is 0 Å². The Labute approximate surface area is 134 Å². The molecule has 0 aliphatic carbocycles. The second-order valence-electron chi connectivity index (χ2n) is 4.66. The van der Waals surface area contributed by atoms with E-state index in [1.807, 2.05) is 18.2 Å². The van der Waals surface area contributed by atoms with Gasteiger partial charge < -0.3 is 16.8 Å². The van der Waals surface area contributed by atoms with E-state index >= 15 is 0 Å². The maximum absolute atomic E-state index is 12.1. The summed E-state index contributed by atoms with van der Waals surface area (Å²) in [5.74, 6) is -0.496. The molecule has 0 aliphatic heterocycles. The fourth-order valence-corrected chi connectivity index (χ4v) is 3.56. The molecule has 2 amide bonds. The number of unbranched alkanes of at least 4 members (excludes halogenated alkanes) is 1. The first kappa shape index (κ1) is 15.8. The number of primary amides is 1. The summed E-state index contributed by atoms with van der Waals surface area (Å²) in [6, 6.07) is 5.74. The van der Waals surface area contributed by atoms with Crippen LogP contribution in [-0.4, -0.2) is 18.4 Å². The summed E-state index contributed by atoms with van der Waals surface area (Å²) in [4.78, 5) is 23.3. The summed E-state index contributed by atoms with van der Waals surface area (Å²) in [6.07, 6.45) is 1.73. The van der Waals surface area contributed by atoms with E-state index < -0.39 is 0 Å². The van der Waals surface area contributed by atoms with Crippen molar-refractivity contribution in [3.05, 3.63) is 27.5 Å². The molecule has 0 saturated carbocycles. The third-order valence-corrected chi connectivity index (χ3v) is 4.69. The highest BCUT2D eigenvalue weighted by Crippen LogP contribution is 2.35. The Morgan fingerprint density at radius 3 is 2.76 bits per heavy atom. The van der Waals surface area contributed by atoms with Crippen LogP contribution in [0.2, 0.25) is 0 Å². The second-order valence-corrected chi connectivity index (χ2v) is 6.63. The molecular formula is C14H16BrN3O2S. The third kappa shape index (κ3) is 3.95. The molecule has 112 valence electrons. The summed E-state index contributed by atoms with van der Waals surface area (Å²) >= 11 is 4.78. The van der Waals surface area contributed by atoms with Gasteiger partial charge in [0.2, 0.25) is 5.91 Å². The van der Waals surface area contributed by atoms with Gasteiger partial charge in [-0.15, -0.1) is 11.3 Å². The average Bonchev–Trinajstić information content (AvgIpc) is 2.74. The second kappa shape index (κ2) is 6.91. The van der Waals surface area contributed by atoms with Crippen molar-refractivity contribution in [2.45, 2.75) is 19.3 Å². The van der Waals surface area contributed by atoms with Gasteiger partial charge in [0, 0.05) is 27.5 Å². The van der Waals surface area contributed by atoms with Crippen LogP contribution in [0, 0.1) is 0 Å². The van der Waals surface area contributed by atoms with E-state index in [0.717, 1.165) is 14.6 Å². The van der Waals surface area contributed by atoms with Gasteiger partial charge in [-0.1, -0.05) is 22.0 Å². The van der Waals surface area contributed by atoms with Crippen LogP contribution >= 0.6 is 27.3 Å². The van der Waals surface area contributed by atoms with Crippen molar-refractivity contribution in [2.75, 3.05) is 12.3 Å². The smallest absolute Gasteiger partial charge is 0.263 e. The van der Waals surface area contributed by atoms with Crippen molar-refractivity contribution in [1.29, 1.82) is 0 Å². The van der Waals surface area contributed by atoms with Gasteiger partial charge in [-0.05, 0) is 25.0 Å². The lowest BCUT2D eigenvalue weighted by Crippen LogP contribution is -2.24. The Hall–Kier alpha value is -1.60. The quantitative estimate of drug-likeness (QED) is 0.682. The molecule has 0 atom stereocenters. The van der Waals surface area contributed by atoms with Gasteiger partial charge in [-0.3, -0.25) is 9.59 Å². The highest BCUT2D eigenvalue weighted by atomic mass is 79.9. The first-order valence-electron chi connectivity index (χ1n) is 6.53. The van der Waals surface area contributed by atoms with Crippen LogP contribution in [0.25, 0.3) is 10.1 Å². The number of halogens is 1. The van der Waals surface area contributed by atoms with Crippen molar-refractivity contribution < 1.29 is 9.59 Å². The Morgan fingerprint density at radius 2 is 2.05 bits per heavy atom. The van der Waals surface area contributed by atoms with E-state index in [-0.39, 0.29) is 11.8 Å². The SMILES string of the molecule is NC(=O)CCCCNC(=O)c1sc2cc(Br)ccc2c1N. The van der Waals surface area contributed by atoms with Gasteiger partial charge in [0.1, 0.15) is 4.88 Å². The average molecular weight is 370 g/mol. The maximum Gasteiger partial charge on any atom is 0.263 e. The Bertz CT molecular complexity index is 684. The number of amides is 2. The fourth-order valence-electron chi connectivity index (χ4n) is 1.97. The molecule has 1 heterocycles. The Morgan fingerprint density at radius 1 is 1.29 bits per heavy atom. The van der Waals surface area contributed by atoms with E-state index in [9.17, 15) is 9.59 Å². The lowest BCUT2D eigenvalue weighted by molar-refractivity contribution is -0.118. The van der Waals surface area contributed by atoms with Crippen LogP contribution in [-0.2, 0) is 4.79 Å². The predicted molar refractivity (Wildman–Crippen MR) is 89.3 cm³/mol. The van der Waals surface area contributed by atoms with E-state index in [4.69, 9.17) is 11.5 Å². The van der Waals surface area contributed by atoms with Crippen LogP contribution in [0.15, 0.2) is 22.7 Å². The normalized spacial score (nSPS) is 10.7. The van der Waals surface area contributed by atoms with Crippen molar-refractivity contribution in [3.8, 4) is 0 Å². The lowest BCUT2D eigenvalue weighted by atomic mass is 10.2. The maximum atomic E-state index is 12.1. The molecule has 0 fully saturated rings. The first-order valence-corrected chi connectivity index (χ1v) is 8.14. The van der Waals surface area contributed by atoms with Gasteiger partial charge in [-0.2, -0.15) is 0 Å². The van der Waals surface area contributed by atoms with E-state index in [1.165, 1.54) is 11.3 Å². The molecule has 1 aromatic carbocycles. The van der Waals surface area contributed by atoms with E-state index in [2.05, 4.69) is 21.2 Å². The van der Waals surface area contributed by atoms with Crippen LogP contribution in [0.5, 0.6) is 0 Å². The highest BCUT2D eigenvalue weighted by molar-refractivity contribution is 9.10. The van der Waals surface area contributed by atoms with Crippen LogP contribution in [0.4, 0.5) is 5.69 Å². The number of rotatable bonds is 6. The molecule has 0 spiro atoms. The number of thiophene rings is 1. The minimum atomic E-state index is -0.319. The molecule has 0 unspecified atom stereocenters. The zero-order chi connectivity index (χ0) is 15.4. The zero-order valence-electron chi connectivity index (χ0n) is 11.3. The summed E-state index contributed by atoms with van der Waals surface area (Å²) in [7, 11) is 0. The fraction of sp³-hybridized carbons (Fsp3) is 0.286. The molecule has 5 N–H and O–H groups in total. The molecule has 0 saturated heterocycles. The molecule has 0 aliphatic rings. The molecule has 0 radical (unpaired) electrons. The molecular weight excluding hydrogens is 354 g/mol. The number of nitrogens with one attached hydrogen (secondary N) is 1. The van der Waals surface area contributed by atoms with Crippen molar-refractivity contribution in [2.24, 2.45) is 5.73 Å². The number of nitrogens with two attached hydrogens (primary N) is 2. The molecule has 1 aromatic heterocycles. The standard InChI is InChI=1S/C14H16BrN3O2S/c15-8-4-5-9-10(7-8)21-13(12(9)17)14(20)18-6-2-1-3-11(16)19/h4-5,7H,1-3,6,17H2,(H2,16,19)(H,18,20). The largest absolute Gasteiger partial charge is 0.397 e. The number of carbonyl (C=O) groups excluding carboxylic acids is 2. The van der Waals surface area contributed by atoms with E-state index in [0.29, 0.717) is 36.4 Å². The zero-order valence-corrected chi connectivity index (χ0v) is 13.7. The van der Waals surface area contributed by atoms with Crippen LogP contribution in [0.1, 0.15) is 28.9 Å². The molecule has 7 heteroatoms. The number of hydrogen-bond acceptors (Lipinski definition) is 4. The third-order valence-electron chi connectivity index (χ3n) is 3.03. The summed E-state index contributed by atoms with van der Waals surface area (Å²) in [6.45, 7) is 0.503. The van der Waals surface area contributed by atoms with E-state index in [1.54, 1.807) is 0 Å². The summed E-state index contributed by atoms with van der Waals surface area (Å²) in [5.41, 5.74) is 11.6. The van der Waals surface area contributed by atoms with Gasteiger partial charge in [0.25, 0.3) is 5.91 Å². The molecule has 2 aromatic rings. The number of fused-ring (bicyclic) bond motifs is 1. The summed E-state index contributed by atoms with van der Waals surface area (Å²) < 4.78 is 1.93. The minimum absolute atomic E-state index is 0.177. The van der Waals surface area contributed by atoms with Crippen LogP contribution in [0.3, 0.4) is 0 Å². The lowest BCUT2D eigenvalue weighted by Gasteiger charge is -2.03. The van der Waals surface area contributed by atoms with Crippen molar-refractivity contribution >= 4 is 54.9 Å². The van der Waals surface area contributed by atoms with Gasteiger partial charge in [0.15, 0.2) is 0 Å². The monoisotopic (exact) mass is 369 g/mol. The van der Waals surface area contributed by atoms with Gasteiger partial charge >= 0.3 is 0 Å². The number of benzene rings is 1. The summed E-state index contributed by atoms with van der Waals surface area (Å²) in [5, 5.41) is 3.71. The topological polar surface area (TPSA) is 98.2 Å². The Kier molecular flexibility index (Phi) is 5.19. The number of hydrogen-bond donors (Lipinski definition) is 3. The minimum Gasteiger partial charge on any atom is -0.397 e.